The summed E-state index contributed by atoms with van der Waals surface area (Å²) >= 11 is 0. The normalized spacial score (nSPS) is 22.9. The summed E-state index contributed by atoms with van der Waals surface area (Å²) in [4.78, 5) is 20.7. The summed E-state index contributed by atoms with van der Waals surface area (Å²) in [5.41, 5.74) is 1.27. The third kappa shape index (κ3) is 4.39. The summed E-state index contributed by atoms with van der Waals surface area (Å²) in [7, 11) is 0. The van der Waals surface area contributed by atoms with Gasteiger partial charge in [-0.3, -0.25) is 14.7 Å². The molecule has 2 fully saturated rings. The summed E-state index contributed by atoms with van der Waals surface area (Å²) in [6, 6.07) is 3.92. The van der Waals surface area contributed by atoms with Gasteiger partial charge in [0.05, 0.1) is 13.2 Å². The first kappa shape index (κ1) is 17.1. The van der Waals surface area contributed by atoms with E-state index in [-0.39, 0.29) is 24.4 Å². The number of ether oxygens (including phenoxy) is 1. The van der Waals surface area contributed by atoms with Gasteiger partial charge in [0.1, 0.15) is 6.04 Å². The van der Waals surface area contributed by atoms with Crippen LogP contribution in [0.2, 0.25) is 0 Å². The van der Waals surface area contributed by atoms with Crippen molar-refractivity contribution in [2.24, 2.45) is 0 Å². The van der Waals surface area contributed by atoms with E-state index >= 15 is 0 Å². The molecule has 2 aliphatic rings. The van der Waals surface area contributed by atoms with Crippen LogP contribution in [0.5, 0.6) is 0 Å². The minimum absolute atomic E-state index is 0. The molecule has 3 heterocycles. The summed E-state index contributed by atoms with van der Waals surface area (Å²) in [6.07, 6.45) is 3.65. The number of amides is 1. The molecule has 1 aromatic rings. The van der Waals surface area contributed by atoms with Gasteiger partial charge in [0.15, 0.2) is 0 Å². The number of carbonyl (C=O) groups is 1. The Balaban J connectivity index is 0.00000176. The Kier molecular flexibility index (Phi) is 6.57. The number of rotatable bonds is 3. The van der Waals surface area contributed by atoms with Crippen LogP contribution in [0.4, 0.5) is 0 Å². The lowest BCUT2D eigenvalue weighted by molar-refractivity contribution is -0.138. The number of aromatic nitrogens is 1. The zero-order valence-electron chi connectivity index (χ0n) is 12.6. The maximum atomic E-state index is 12.4. The van der Waals surface area contributed by atoms with Crippen LogP contribution in [-0.2, 0) is 16.1 Å². The van der Waals surface area contributed by atoms with Crippen LogP contribution >= 0.6 is 12.4 Å². The van der Waals surface area contributed by atoms with E-state index in [2.05, 4.69) is 15.2 Å². The first-order chi connectivity index (χ1) is 10.3. The molecular weight excluding hydrogens is 304 g/mol. The fourth-order valence-corrected chi connectivity index (χ4v) is 2.82. The Hall–Kier alpha value is -1.21. The van der Waals surface area contributed by atoms with E-state index in [0.717, 1.165) is 39.3 Å². The van der Waals surface area contributed by atoms with Crippen LogP contribution < -0.4 is 5.32 Å². The van der Waals surface area contributed by atoms with Crippen molar-refractivity contribution in [1.82, 2.24) is 20.1 Å². The highest BCUT2D eigenvalue weighted by Gasteiger charge is 2.28. The van der Waals surface area contributed by atoms with Crippen LogP contribution in [0.1, 0.15) is 5.56 Å². The average molecular weight is 327 g/mol. The van der Waals surface area contributed by atoms with Gasteiger partial charge in [-0.25, -0.2) is 0 Å². The van der Waals surface area contributed by atoms with Gasteiger partial charge in [-0.2, -0.15) is 0 Å². The molecule has 2 aliphatic heterocycles. The number of piperazine rings is 1. The zero-order valence-corrected chi connectivity index (χ0v) is 13.4. The van der Waals surface area contributed by atoms with Crippen LogP contribution in [0, 0.1) is 0 Å². The van der Waals surface area contributed by atoms with E-state index in [1.165, 1.54) is 5.56 Å². The Morgan fingerprint density at radius 3 is 2.64 bits per heavy atom. The predicted molar refractivity (Wildman–Crippen MR) is 86.0 cm³/mol. The third-order valence-corrected chi connectivity index (χ3v) is 4.06. The summed E-state index contributed by atoms with van der Waals surface area (Å²) in [6.45, 7) is 6.31. The van der Waals surface area contributed by atoms with Gasteiger partial charge in [0, 0.05) is 51.7 Å². The molecule has 1 aromatic heterocycles. The number of pyridine rings is 1. The molecule has 0 radical (unpaired) electrons. The fraction of sp³-hybridized carbons (Fsp3) is 0.600. The first-order valence-electron chi connectivity index (χ1n) is 7.54. The topological polar surface area (TPSA) is 57.7 Å². The molecule has 6 nitrogen and oxygen atoms in total. The number of nitrogens with one attached hydrogen (secondary N) is 1. The Morgan fingerprint density at radius 2 is 2.00 bits per heavy atom. The molecule has 1 atom stereocenters. The van der Waals surface area contributed by atoms with Gasteiger partial charge < -0.3 is 15.0 Å². The lowest BCUT2D eigenvalue weighted by Crippen LogP contribution is -2.57. The van der Waals surface area contributed by atoms with Crippen molar-refractivity contribution in [3.63, 3.8) is 0 Å². The minimum Gasteiger partial charge on any atom is -0.378 e. The maximum absolute atomic E-state index is 12.4. The van der Waals surface area contributed by atoms with Crippen molar-refractivity contribution in [1.29, 1.82) is 0 Å². The number of nitrogens with zero attached hydrogens (tertiary/aromatic N) is 3. The molecule has 0 spiro atoms. The van der Waals surface area contributed by atoms with Crippen LogP contribution in [0.25, 0.3) is 0 Å². The predicted octanol–water partition coefficient (Wildman–Crippen LogP) is 0.136. The van der Waals surface area contributed by atoms with Crippen molar-refractivity contribution >= 4 is 18.3 Å². The molecular formula is C15H23ClN4O2. The van der Waals surface area contributed by atoms with Gasteiger partial charge in [0.2, 0.25) is 5.91 Å². The Morgan fingerprint density at radius 1 is 1.27 bits per heavy atom. The van der Waals surface area contributed by atoms with Crippen molar-refractivity contribution in [3.05, 3.63) is 30.1 Å². The highest BCUT2D eigenvalue weighted by Crippen LogP contribution is 2.09. The third-order valence-electron chi connectivity index (χ3n) is 4.06. The van der Waals surface area contributed by atoms with Crippen molar-refractivity contribution in [2.45, 2.75) is 12.6 Å². The second-order valence-corrected chi connectivity index (χ2v) is 5.54. The zero-order chi connectivity index (χ0) is 14.5. The van der Waals surface area contributed by atoms with Gasteiger partial charge >= 0.3 is 0 Å². The van der Waals surface area contributed by atoms with Crippen molar-refractivity contribution in [2.75, 3.05) is 45.9 Å². The summed E-state index contributed by atoms with van der Waals surface area (Å²) < 4.78 is 5.37. The second-order valence-electron chi connectivity index (χ2n) is 5.54. The molecule has 7 heteroatoms. The number of hydrogen-bond acceptors (Lipinski definition) is 5. The Labute approximate surface area is 137 Å². The smallest absolute Gasteiger partial charge is 0.242 e. The maximum Gasteiger partial charge on any atom is 0.242 e. The van der Waals surface area contributed by atoms with Gasteiger partial charge in [0.25, 0.3) is 0 Å². The summed E-state index contributed by atoms with van der Waals surface area (Å²) in [5.74, 6) is 0.179. The molecule has 1 N–H and O–H groups in total. The lowest BCUT2D eigenvalue weighted by atomic mass is 10.2. The second kappa shape index (κ2) is 8.43. The van der Waals surface area contributed by atoms with Crippen molar-refractivity contribution in [3.8, 4) is 0 Å². The lowest BCUT2D eigenvalue weighted by Gasteiger charge is -2.37. The van der Waals surface area contributed by atoms with E-state index in [1.54, 1.807) is 0 Å². The van der Waals surface area contributed by atoms with E-state index in [0.29, 0.717) is 13.2 Å². The molecule has 0 bridgehead atoms. The molecule has 2 saturated heterocycles. The van der Waals surface area contributed by atoms with E-state index < -0.39 is 0 Å². The quantitative estimate of drug-likeness (QED) is 0.856. The number of morpholine rings is 1. The molecule has 3 rings (SSSR count). The molecule has 22 heavy (non-hydrogen) atoms. The molecule has 0 aromatic carbocycles. The SMILES string of the molecule is Cl.O=C(C1COCCN1)N1CCN(Cc2ccncc2)CC1. The monoisotopic (exact) mass is 326 g/mol. The number of halogens is 1. The number of carbonyl (C=O) groups excluding carboxylic acids is 1. The first-order valence-corrected chi connectivity index (χ1v) is 7.54. The molecule has 1 unspecified atom stereocenters. The number of hydrogen-bond donors (Lipinski definition) is 1. The highest BCUT2D eigenvalue weighted by atomic mass is 35.5. The van der Waals surface area contributed by atoms with E-state index in [4.69, 9.17) is 4.74 Å². The standard InChI is InChI=1S/C15H22N4O2.ClH/c20-15(14-12-21-10-5-17-14)19-8-6-18(7-9-19)11-13-1-3-16-4-2-13;/h1-4,14,17H,5-12H2;1H. The minimum atomic E-state index is -0.162. The van der Waals surface area contributed by atoms with E-state index in [1.807, 2.05) is 29.4 Å². The molecule has 0 aliphatic carbocycles. The van der Waals surface area contributed by atoms with Gasteiger partial charge in [-0.05, 0) is 17.7 Å². The van der Waals surface area contributed by atoms with Crippen LogP contribution in [0.3, 0.4) is 0 Å². The molecule has 1 amide bonds. The van der Waals surface area contributed by atoms with Gasteiger partial charge in [-0.1, -0.05) is 0 Å². The van der Waals surface area contributed by atoms with Crippen LogP contribution in [0.15, 0.2) is 24.5 Å². The van der Waals surface area contributed by atoms with Gasteiger partial charge in [-0.15, -0.1) is 12.4 Å². The highest BCUT2D eigenvalue weighted by molar-refractivity contribution is 5.85. The molecule has 122 valence electrons. The molecule has 0 saturated carbocycles. The largest absolute Gasteiger partial charge is 0.378 e. The Bertz CT molecular complexity index is 460. The van der Waals surface area contributed by atoms with Crippen molar-refractivity contribution < 1.29 is 9.53 Å². The summed E-state index contributed by atoms with van der Waals surface area (Å²) in [5, 5.41) is 3.23. The van der Waals surface area contributed by atoms with E-state index in [9.17, 15) is 4.79 Å². The average Bonchev–Trinajstić information content (AvgIpc) is 2.57. The fourth-order valence-electron chi connectivity index (χ4n) is 2.82. The van der Waals surface area contributed by atoms with Crippen LogP contribution in [-0.4, -0.2) is 72.7 Å².